The molecule has 11 heteroatoms. The molecule has 39 heavy (non-hydrogen) atoms. The summed E-state index contributed by atoms with van der Waals surface area (Å²) >= 11 is 0. The Morgan fingerprint density at radius 2 is 1.85 bits per heavy atom. The van der Waals surface area contributed by atoms with E-state index in [0.29, 0.717) is 18.7 Å². The lowest BCUT2D eigenvalue weighted by atomic mass is 9.84. The molecule has 1 fully saturated rings. The molecule has 0 unspecified atom stereocenters. The summed E-state index contributed by atoms with van der Waals surface area (Å²) in [4.78, 5) is 30.8. The Labute approximate surface area is 225 Å². The molecule has 1 aliphatic rings. The van der Waals surface area contributed by atoms with Crippen molar-refractivity contribution in [1.29, 1.82) is 0 Å². The molecule has 202 valence electrons. The van der Waals surface area contributed by atoms with Crippen LogP contribution in [0.5, 0.6) is 0 Å². The van der Waals surface area contributed by atoms with Gasteiger partial charge in [-0.1, -0.05) is 42.8 Å². The number of carbonyl (C=O) groups is 2. The number of tetrazole rings is 1. The Hall–Kier alpha value is -4.54. The van der Waals surface area contributed by atoms with Gasteiger partial charge < -0.3 is 14.6 Å². The van der Waals surface area contributed by atoms with Gasteiger partial charge in [-0.2, -0.15) is 5.21 Å². The number of fused-ring (bicyclic) bond motifs is 1. The molecule has 11 nitrogen and oxygen atoms in total. The summed E-state index contributed by atoms with van der Waals surface area (Å²) in [7, 11) is 0. The number of ether oxygens (including phenoxy) is 2. The molecule has 4 aromatic rings. The average Bonchev–Trinajstić information content (AvgIpc) is 3.48. The van der Waals surface area contributed by atoms with Crippen LogP contribution in [0.2, 0.25) is 0 Å². The van der Waals surface area contributed by atoms with E-state index in [0.717, 1.165) is 52.5 Å². The van der Waals surface area contributed by atoms with Crippen LogP contribution >= 0.6 is 0 Å². The lowest BCUT2D eigenvalue weighted by Gasteiger charge is -2.39. The van der Waals surface area contributed by atoms with Crippen molar-refractivity contribution in [2.24, 2.45) is 0 Å². The fourth-order valence-corrected chi connectivity index (χ4v) is 5.24. The van der Waals surface area contributed by atoms with E-state index in [1.165, 1.54) is 0 Å². The minimum absolute atomic E-state index is 0.139. The molecule has 0 bridgehead atoms. The van der Waals surface area contributed by atoms with Crippen LogP contribution in [-0.2, 0) is 16.0 Å². The third kappa shape index (κ3) is 5.97. The smallest absolute Gasteiger partial charge is 0.450 e. The van der Waals surface area contributed by atoms with Gasteiger partial charge in [0, 0.05) is 23.1 Å². The van der Waals surface area contributed by atoms with E-state index in [1.54, 1.807) is 11.8 Å². The first-order valence-corrected chi connectivity index (χ1v) is 13.0. The molecule has 0 spiro atoms. The van der Waals surface area contributed by atoms with Crippen LogP contribution in [0.15, 0.2) is 54.6 Å². The number of nitrogens with zero attached hydrogens (tertiary/aromatic N) is 5. The van der Waals surface area contributed by atoms with Crippen molar-refractivity contribution in [1.82, 2.24) is 30.5 Å². The maximum absolute atomic E-state index is 12.9. The highest BCUT2D eigenvalue weighted by Crippen LogP contribution is 2.34. The molecule has 2 aromatic heterocycles. The van der Waals surface area contributed by atoms with Gasteiger partial charge in [0.25, 0.3) is 0 Å². The number of hydrogen-bond donors (Lipinski definition) is 2. The molecule has 2 N–H and O–H groups in total. The van der Waals surface area contributed by atoms with E-state index >= 15 is 0 Å². The number of nitrogens with one attached hydrogen (secondary N) is 1. The Bertz CT molecular complexity index is 1450. The first-order valence-electron chi connectivity index (χ1n) is 13.0. The fourth-order valence-electron chi connectivity index (χ4n) is 5.24. The minimum atomic E-state index is -1.32. The van der Waals surface area contributed by atoms with Crippen LogP contribution < -0.4 is 0 Å². The summed E-state index contributed by atoms with van der Waals surface area (Å²) in [6, 6.07) is 17.5. The van der Waals surface area contributed by atoms with Gasteiger partial charge in [0.1, 0.15) is 5.60 Å². The molecule has 5 rings (SSSR count). The first kappa shape index (κ1) is 26.1. The zero-order valence-corrected chi connectivity index (χ0v) is 21.7. The maximum atomic E-state index is 12.9. The zero-order chi connectivity index (χ0) is 27.2. The lowest BCUT2D eigenvalue weighted by molar-refractivity contribution is -0.0599. The number of carboxylic acid groups (broad SMARTS) is 1. The van der Waals surface area contributed by atoms with Crippen molar-refractivity contribution in [3.05, 3.63) is 60.2 Å². The molecule has 1 aliphatic carbocycles. The molecule has 1 saturated carbocycles. The van der Waals surface area contributed by atoms with Gasteiger partial charge in [-0.25, -0.2) is 14.6 Å². The van der Waals surface area contributed by atoms with Gasteiger partial charge in [0.2, 0.25) is 5.82 Å². The summed E-state index contributed by atoms with van der Waals surface area (Å²) in [5, 5.41) is 24.7. The standard InChI is InChI=1S/C28H30N6O5/c1-2-38-26(35)34(18-28(39-27(36)37)14-6-3-7-15-28)17-19-10-12-23-20(16-19)11-13-24(29-23)21-8-4-5-9-22(21)25-30-32-33-31-25/h4-5,8-13,16H,2-3,6-7,14-15,17-18H2,1H3,(H,36,37)(H,30,31,32,33). The molecular formula is C28H30N6O5. The van der Waals surface area contributed by atoms with E-state index < -0.39 is 17.8 Å². The van der Waals surface area contributed by atoms with Crippen molar-refractivity contribution >= 4 is 23.2 Å². The molecule has 0 aliphatic heterocycles. The summed E-state index contributed by atoms with van der Waals surface area (Å²) in [6.45, 7) is 2.36. The summed E-state index contributed by atoms with van der Waals surface area (Å²) in [6.07, 6.45) is 2.05. The normalized spacial score (nSPS) is 14.6. The molecule has 2 aromatic carbocycles. The van der Waals surface area contributed by atoms with E-state index in [-0.39, 0.29) is 19.7 Å². The lowest BCUT2D eigenvalue weighted by Crippen LogP contribution is -2.49. The van der Waals surface area contributed by atoms with E-state index in [1.807, 2.05) is 54.6 Å². The second-order valence-corrected chi connectivity index (χ2v) is 9.67. The summed E-state index contributed by atoms with van der Waals surface area (Å²) < 4.78 is 10.7. The molecule has 0 atom stereocenters. The van der Waals surface area contributed by atoms with Crippen LogP contribution in [0.25, 0.3) is 33.5 Å². The second-order valence-electron chi connectivity index (χ2n) is 9.67. The van der Waals surface area contributed by atoms with Gasteiger partial charge in [-0.05, 0) is 61.6 Å². The molecular weight excluding hydrogens is 500 g/mol. The van der Waals surface area contributed by atoms with Gasteiger partial charge >= 0.3 is 12.2 Å². The summed E-state index contributed by atoms with van der Waals surface area (Å²) in [5.74, 6) is 0.490. The number of H-pyrrole nitrogens is 1. The summed E-state index contributed by atoms with van der Waals surface area (Å²) in [5.41, 5.74) is 3.21. The number of pyridine rings is 1. The number of amides is 1. The quantitative estimate of drug-likeness (QED) is 0.285. The van der Waals surface area contributed by atoms with Gasteiger partial charge in [-0.3, -0.25) is 4.90 Å². The van der Waals surface area contributed by atoms with Gasteiger partial charge in [0.05, 0.1) is 24.4 Å². The number of carbonyl (C=O) groups excluding carboxylic acids is 1. The SMILES string of the molecule is CCOC(=O)N(Cc1ccc2nc(-c3ccccc3-c3nn[nH]n3)ccc2c1)CC1(OC(=O)O)CCCCC1. The molecule has 0 radical (unpaired) electrons. The number of rotatable bonds is 8. The predicted octanol–water partition coefficient (Wildman–Crippen LogP) is 5.44. The zero-order valence-electron chi connectivity index (χ0n) is 21.7. The monoisotopic (exact) mass is 530 g/mol. The van der Waals surface area contributed by atoms with Crippen LogP contribution in [0.3, 0.4) is 0 Å². The Morgan fingerprint density at radius 1 is 1.05 bits per heavy atom. The Kier molecular flexibility index (Phi) is 7.67. The predicted molar refractivity (Wildman–Crippen MR) is 143 cm³/mol. The largest absolute Gasteiger partial charge is 0.506 e. The maximum Gasteiger partial charge on any atom is 0.506 e. The van der Waals surface area contributed by atoms with Crippen molar-refractivity contribution in [3.8, 4) is 22.6 Å². The second kappa shape index (κ2) is 11.5. The van der Waals surface area contributed by atoms with E-state index in [9.17, 15) is 14.7 Å². The molecule has 1 amide bonds. The van der Waals surface area contributed by atoms with Crippen LogP contribution in [-0.4, -0.2) is 66.6 Å². The molecule has 0 saturated heterocycles. The molecule has 2 heterocycles. The number of aromatic nitrogens is 5. The average molecular weight is 531 g/mol. The highest BCUT2D eigenvalue weighted by atomic mass is 16.7. The number of aromatic amines is 1. The number of hydrogen-bond acceptors (Lipinski definition) is 8. The Morgan fingerprint density at radius 3 is 2.56 bits per heavy atom. The van der Waals surface area contributed by atoms with Crippen molar-refractivity contribution in [2.45, 2.75) is 51.2 Å². The first-order chi connectivity index (χ1) is 19.0. The van der Waals surface area contributed by atoms with Crippen molar-refractivity contribution in [2.75, 3.05) is 13.2 Å². The fraction of sp³-hybridized carbons (Fsp3) is 0.357. The number of benzene rings is 2. The Balaban J connectivity index is 1.41. The third-order valence-electron chi connectivity index (χ3n) is 6.99. The van der Waals surface area contributed by atoms with E-state index in [4.69, 9.17) is 14.5 Å². The topological polar surface area (TPSA) is 143 Å². The van der Waals surface area contributed by atoms with Gasteiger partial charge in [0.15, 0.2) is 0 Å². The highest BCUT2D eigenvalue weighted by molar-refractivity contribution is 5.85. The van der Waals surface area contributed by atoms with E-state index in [2.05, 4.69) is 20.6 Å². The van der Waals surface area contributed by atoms with Crippen LogP contribution in [0.1, 0.15) is 44.6 Å². The van der Waals surface area contributed by atoms with Crippen LogP contribution in [0.4, 0.5) is 9.59 Å². The van der Waals surface area contributed by atoms with Crippen molar-refractivity contribution < 1.29 is 24.2 Å². The van der Waals surface area contributed by atoms with Gasteiger partial charge in [-0.15, -0.1) is 10.2 Å². The van der Waals surface area contributed by atoms with Crippen molar-refractivity contribution in [3.63, 3.8) is 0 Å². The highest BCUT2D eigenvalue weighted by Gasteiger charge is 2.39. The minimum Gasteiger partial charge on any atom is -0.450 e. The third-order valence-corrected chi connectivity index (χ3v) is 6.99. The van der Waals surface area contributed by atoms with Crippen LogP contribution in [0, 0.1) is 0 Å².